The van der Waals surface area contributed by atoms with E-state index in [0.717, 1.165) is 18.2 Å². The lowest BCUT2D eigenvalue weighted by Gasteiger charge is -2.29. The molecule has 1 aliphatic rings. The van der Waals surface area contributed by atoms with E-state index in [-0.39, 0.29) is 0 Å². The van der Waals surface area contributed by atoms with Crippen LogP contribution in [0.15, 0.2) is 18.2 Å². The zero-order chi connectivity index (χ0) is 12.3. The Kier molecular flexibility index (Phi) is 3.74. The second-order valence-electron chi connectivity index (χ2n) is 4.97. The Morgan fingerprint density at radius 3 is 2.59 bits per heavy atom. The third kappa shape index (κ3) is 3.27. The molecule has 0 saturated carbocycles. The van der Waals surface area contributed by atoms with Crippen LogP contribution >= 0.6 is 0 Å². The summed E-state index contributed by atoms with van der Waals surface area (Å²) in [6.07, 6.45) is 2.54. The van der Waals surface area contributed by atoms with E-state index in [9.17, 15) is 0 Å². The van der Waals surface area contributed by atoms with Crippen LogP contribution in [0.25, 0.3) is 0 Å². The van der Waals surface area contributed by atoms with Gasteiger partial charge in [0.05, 0.1) is 11.4 Å². The highest BCUT2D eigenvalue weighted by atomic mass is 15.1. The molecule has 0 aliphatic carbocycles. The Balaban J connectivity index is 1.83. The van der Waals surface area contributed by atoms with Crippen molar-refractivity contribution in [2.45, 2.75) is 12.8 Å². The van der Waals surface area contributed by atoms with Crippen LogP contribution in [-0.4, -0.2) is 31.6 Å². The Labute approximate surface area is 103 Å². The lowest BCUT2D eigenvalue weighted by atomic mass is 9.97. The topological polar surface area (TPSA) is 67.3 Å². The molecule has 0 bridgehead atoms. The van der Waals surface area contributed by atoms with Gasteiger partial charge in [-0.2, -0.15) is 0 Å². The molecule has 0 spiro atoms. The first-order chi connectivity index (χ1) is 8.15. The molecule has 1 saturated heterocycles. The smallest absolute Gasteiger partial charge is 0.0568 e. The summed E-state index contributed by atoms with van der Waals surface area (Å²) in [6, 6.07) is 5.75. The largest absolute Gasteiger partial charge is 0.397 e. The van der Waals surface area contributed by atoms with Gasteiger partial charge in [-0.1, -0.05) is 0 Å². The number of benzene rings is 1. The van der Waals surface area contributed by atoms with Crippen molar-refractivity contribution in [2.24, 2.45) is 5.92 Å². The minimum Gasteiger partial charge on any atom is -0.397 e. The first kappa shape index (κ1) is 12.0. The zero-order valence-corrected chi connectivity index (χ0v) is 10.4. The average Bonchev–Trinajstić information content (AvgIpc) is 2.33. The van der Waals surface area contributed by atoms with Crippen molar-refractivity contribution in [3.63, 3.8) is 0 Å². The van der Waals surface area contributed by atoms with E-state index < -0.39 is 0 Å². The molecule has 2 rings (SSSR count). The van der Waals surface area contributed by atoms with Crippen molar-refractivity contribution >= 4 is 17.1 Å². The molecule has 1 heterocycles. The maximum absolute atomic E-state index is 5.78. The number of rotatable bonds is 3. The van der Waals surface area contributed by atoms with Gasteiger partial charge in [0.25, 0.3) is 0 Å². The van der Waals surface area contributed by atoms with Crippen molar-refractivity contribution in [2.75, 3.05) is 43.5 Å². The van der Waals surface area contributed by atoms with Gasteiger partial charge >= 0.3 is 0 Å². The lowest BCUT2D eigenvalue weighted by Crippen LogP contribution is -2.32. The van der Waals surface area contributed by atoms with Crippen molar-refractivity contribution < 1.29 is 0 Å². The van der Waals surface area contributed by atoms with E-state index in [1.807, 2.05) is 18.2 Å². The van der Waals surface area contributed by atoms with Gasteiger partial charge in [-0.3, -0.25) is 0 Å². The minimum absolute atomic E-state index is 0.648. The van der Waals surface area contributed by atoms with Gasteiger partial charge in [0.2, 0.25) is 0 Å². The highest BCUT2D eigenvalue weighted by Gasteiger charge is 2.16. The summed E-state index contributed by atoms with van der Waals surface area (Å²) in [5, 5.41) is 3.44. The van der Waals surface area contributed by atoms with Crippen molar-refractivity contribution in [3.05, 3.63) is 18.2 Å². The van der Waals surface area contributed by atoms with E-state index in [1.165, 1.54) is 25.9 Å². The van der Waals surface area contributed by atoms with Crippen molar-refractivity contribution in [3.8, 4) is 0 Å². The normalized spacial score (nSPS) is 18.2. The number of likely N-dealkylation sites (tertiary alicyclic amines) is 1. The number of piperidine rings is 1. The molecular weight excluding hydrogens is 212 g/mol. The quantitative estimate of drug-likeness (QED) is 0.695. The molecule has 5 N–H and O–H groups in total. The summed E-state index contributed by atoms with van der Waals surface area (Å²) in [6.45, 7) is 3.43. The highest BCUT2D eigenvalue weighted by Crippen LogP contribution is 2.21. The lowest BCUT2D eigenvalue weighted by molar-refractivity contribution is 0.226. The van der Waals surface area contributed by atoms with Crippen LogP contribution in [0.3, 0.4) is 0 Å². The molecule has 4 heteroatoms. The fraction of sp³-hybridized carbons (Fsp3) is 0.538. The van der Waals surface area contributed by atoms with E-state index in [2.05, 4.69) is 17.3 Å². The first-order valence-electron chi connectivity index (χ1n) is 6.22. The van der Waals surface area contributed by atoms with E-state index in [4.69, 9.17) is 11.5 Å². The Morgan fingerprint density at radius 1 is 1.24 bits per heavy atom. The number of nitrogens with two attached hydrogens (primary N) is 2. The molecular formula is C13H22N4. The van der Waals surface area contributed by atoms with Crippen LogP contribution in [0.4, 0.5) is 17.1 Å². The van der Waals surface area contributed by atoms with E-state index >= 15 is 0 Å². The molecule has 0 aromatic heterocycles. The monoisotopic (exact) mass is 234 g/mol. The number of anilines is 3. The van der Waals surface area contributed by atoms with Crippen molar-refractivity contribution in [1.82, 2.24) is 4.90 Å². The molecule has 17 heavy (non-hydrogen) atoms. The van der Waals surface area contributed by atoms with Crippen LogP contribution in [-0.2, 0) is 0 Å². The van der Waals surface area contributed by atoms with Gasteiger partial charge in [-0.15, -0.1) is 0 Å². The molecule has 0 unspecified atom stereocenters. The van der Waals surface area contributed by atoms with E-state index in [1.54, 1.807) is 0 Å². The SMILES string of the molecule is CN1CCC(CNc2ccc(N)c(N)c2)CC1. The summed E-state index contributed by atoms with van der Waals surface area (Å²) in [4.78, 5) is 2.39. The maximum Gasteiger partial charge on any atom is 0.0568 e. The van der Waals surface area contributed by atoms with Crippen LogP contribution in [0.1, 0.15) is 12.8 Å². The molecule has 0 amide bonds. The van der Waals surface area contributed by atoms with Crippen LogP contribution in [0, 0.1) is 5.92 Å². The zero-order valence-electron chi connectivity index (χ0n) is 10.4. The second kappa shape index (κ2) is 5.27. The fourth-order valence-corrected chi connectivity index (χ4v) is 2.21. The number of hydrogen-bond donors (Lipinski definition) is 3. The van der Waals surface area contributed by atoms with Crippen LogP contribution in [0.5, 0.6) is 0 Å². The van der Waals surface area contributed by atoms with Crippen LogP contribution in [0.2, 0.25) is 0 Å². The number of nitrogens with zero attached hydrogens (tertiary/aromatic N) is 1. The van der Waals surface area contributed by atoms with Gasteiger partial charge in [-0.05, 0) is 57.1 Å². The number of hydrogen-bond acceptors (Lipinski definition) is 4. The average molecular weight is 234 g/mol. The minimum atomic E-state index is 0.648. The number of nitrogen functional groups attached to an aromatic ring is 2. The molecule has 0 radical (unpaired) electrons. The van der Waals surface area contributed by atoms with Gasteiger partial charge in [-0.25, -0.2) is 0 Å². The third-order valence-corrected chi connectivity index (χ3v) is 3.52. The standard InChI is InChI=1S/C13H22N4/c1-17-6-4-10(5-7-17)9-16-11-2-3-12(14)13(15)8-11/h2-3,8,10,16H,4-7,9,14-15H2,1H3. The summed E-state index contributed by atoms with van der Waals surface area (Å²) in [5.41, 5.74) is 13.8. The Morgan fingerprint density at radius 2 is 1.94 bits per heavy atom. The summed E-state index contributed by atoms with van der Waals surface area (Å²) in [5.74, 6) is 0.768. The van der Waals surface area contributed by atoms with Gasteiger partial charge in [0, 0.05) is 12.2 Å². The fourth-order valence-electron chi connectivity index (χ4n) is 2.21. The predicted molar refractivity (Wildman–Crippen MR) is 74.0 cm³/mol. The highest BCUT2D eigenvalue weighted by molar-refractivity contribution is 5.69. The third-order valence-electron chi connectivity index (χ3n) is 3.52. The summed E-state index contributed by atoms with van der Waals surface area (Å²) < 4.78 is 0. The summed E-state index contributed by atoms with van der Waals surface area (Å²) >= 11 is 0. The van der Waals surface area contributed by atoms with Crippen LogP contribution < -0.4 is 16.8 Å². The molecule has 0 atom stereocenters. The molecule has 1 aromatic carbocycles. The predicted octanol–water partition coefficient (Wildman–Crippen LogP) is 1.60. The molecule has 1 fully saturated rings. The van der Waals surface area contributed by atoms with Gasteiger partial charge in [0.1, 0.15) is 0 Å². The molecule has 1 aliphatic heterocycles. The summed E-state index contributed by atoms with van der Waals surface area (Å²) in [7, 11) is 2.18. The van der Waals surface area contributed by atoms with Gasteiger partial charge < -0.3 is 21.7 Å². The Hall–Kier alpha value is -1.42. The van der Waals surface area contributed by atoms with E-state index in [0.29, 0.717) is 11.4 Å². The van der Waals surface area contributed by atoms with Crippen molar-refractivity contribution in [1.29, 1.82) is 0 Å². The first-order valence-corrected chi connectivity index (χ1v) is 6.22. The molecule has 4 nitrogen and oxygen atoms in total. The maximum atomic E-state index is 5.78. The number of nitrogens with one attached hydrogen (secondary N) is 1. The molecule has 94 valence electrons. The molecule has 1 aromatic rings. The van der Waals surface area contributed by atoms with Gasteiger partial charge in [0.15, 0.2) is 0 Å². The second-order valence-corrected chi connectivity index (χ2v) is 4.97. The Bertz CT molecular complexity index is 370.